The summed E-state index contributed by atoms with van der Waals surface area (Å²) in [5.41, 5.74) is 2.08. The molecule has 1 atom stereocenters. The van der Waals surface area contributed by atoms with Crippen molar-refractivity contribution in [2.45, 2.75) is 32.7 Å². The molecule has 140 valence electrons. The van der Waals surface area contributed by atoms with E-state index in [0.717, 1.165) is 18.9 Å². The van der Waals surface area contributed by atoms with Gasteiger partial charge in [-0.3, -0.25) is 4.79 Å². The molecule has 0 aliphatic carbocycles. The first-order valence-corrected chi connectivity index (χ1v) is 9.10. The Kier molecular flexibility index (Phi) is 4.42. The second-order valence-electron chi connectivity index (χ2n) is 7.20. The summed E-state index contributed by atoms with van der Waals surface area (Å²) in [5, 5.41) is 0. The number of halogens is 2. The van der Waals surface area contributed by atoms with Crippen molar-refractivity contribution in [3.05, 3.63) is 53.9 Å². The molecule has 1 aliphatic rings. The normalized spacial score (nSPS) is 17.2. The summed E-state index contributed by atoms with van der Waals surface area (Å²) in [6, 6.07) is 8.51. The van der Waals surface area contributed by atoms with Crippen molar-refractivity contribution in [3.63, 3.8) is 0 Å². The number of carbonyl (C=O) groups is 1. The van der Waals surface area contributed by atoms with Crippen LogP contribution < -0.4 is 0 Å². The molecule has 0 spiro atoms. The van der Waals surface area contributed by atoms with Crippen LogP contribution in [0.4, 0.5) is 8.78 Å². The maximum absolute atomic E-state index is 14.1. The predicted molar refractivity (Wildman–Crippen MR) is 97.9 cm³/mol. The summed E-state index contributed by atoms with van der Waals surface area (Å²) in [7, 11) is 0. The third-order valence-corrected chi connectivity index (χ3v) is 4.96. The first kappa shape index (κ1) is 17.6. The monoisotopic (exact) mass is 370 g/mol. The first-order valence-electron chi connectivity index (χ1n) is 9.10. The van der Waals surface area contributed by atoms with Gasteiger partial charge in [0, 0.05) is 24.1 Å². The van der Waals surface area contributed by atoms with E-state index in [1.54, 1.807) is 18.2 Å². The standard InChI is InChI=1S/C21H20F2N2O2/c1-12(2)21(26)25-9-3-4-18(25)20-24-17-10-13(5-8-19(17)27-20)15-7-6-14(22)11-16(15)23/h5-8,10-12,18H,3-4,9H2,1-2H3/t18-/m1/s1. The van der Waals surface area contributed by atoms with E-state index in [9.17, 15) is 13.6 Å². The van der Waals surface area contributed by atoms with Gasteiger partial charge in [0.2, 0.25) is 11.8 Å². The summed E-state index contributed by atoms with van der Waals surface area (Å²) < 4.78 is 33.1. The number of oxazole rings is 1. The van der Waals surface area contributed by atoms with Crippen LogP contribution in [-0.4, -0.2) is 22.3 Å². The average molecular weight is 370 g/mol. The van der Waals surface area contributed by atoms with Crippen LogP contribution in [0.2, 0.25) is 0 Å². The smallest absolute Gasteiger partial charge is 0.225 e. The Morgan fingerprint density at radius 3 is 2.78 bits per heavy atom. The number of benzene rings is 2. The van der Waals surface area contributed by atoms with Crippen LogP contribution in [0.3, 0.4) is 0 Å². The van der Waals surface area contributed by atoms with Crippen LogP contribution in [0.25, 0.3) is 22.2 Å². The Balaban J connectivity index is 1.70. The molecule has 0 N–H and O–H groups in total. The van der Waals surface area contributed by atoms with Crippen molar-refractivity contribution in [1.29, 1.82) is 0 Å². The lowest BCUT2D eigenvalue weighted by atomic mass is 10.0. The number of aromatic nitrogens is 1. The number of amides is 1. The third kappa shape index (κ3) is 3.20. The lowest BCUT2D eigenvalue weighted by molar-refractivity contribution is -0.135. The summed E-state index contributed by atoms with van der Waals surface area (Å²) in [4.78, 5) is 18.8. The van der Waals surface area contributed by atoms with E-state index in [2.05, 4.69) is 4.98 Å². The van der Waals surface area contributed by atoms with E-state index in [0.29, 0.717) is 34.7 Å². The molecule has 6 heteroatoms. The van der Waals surface area contributed by atoms with Crippen LogP contribution in [0.1, 0.15) is 38.6 Å². The molecule has 0 radical (unpaired) electrons. The van der Waals surface area contributed by atoms with E-state index < -0.39 is 11.6 Å². The lowest BCUT2D eigenvalue weighted by Crippen LogP contribution is -2.33. The van der Waals surface area contributed by atoms with Gasteiger partial charge in [0.05, 0.1) is 0 Å². The van der Waals surface area contributed by atoms with Gasteiger partial charge in [-0.25, -0.2) is 13.8 Å². The Morgan fingerprint density at radius 2 is 2.04 bits per heavy atom. The fourth-order valence-electron chi connectivity index (χ4n) is 3.60. The average Bonchev–Trinajstić information content (AvgIpc) is 3.26. The van der Waals surface area contributed by atoms with E-state index in [1.807, 2.05) is 18.7 Å². The number of fused-ring (bicyclic) bond motifs is 1. The molecule has 1 saturated heterocycles. The van der Waals surface area contributed by atoms with Crippen molar-refractivity contribution in [2.75, 3.05) is 6.54 Å². The zero-order valence-electron chi connectivity index (χ0n) is 15.2. The maximum atomic E-state index is 14.1. The SMILES string of the molecule is CC(C)C(=O)N1CCC[C@@H]1c1nc2cc(-c3ccc(F)cc3F)ccc2o1. The van der Waals surface area contributed by atoms with Gasteiger partial charge in [0.15, 0.2) is 5.58 Å². The van der Waals surface area contributed by atoms with Gasteiger partial charge in [0.25, 0.3) is 0 Å². The number of hydrogen-bond acceptors (Lipinski definition) is 3. The van der Waals surface area contributed by atoms with Gasteiger partial charge < -0.3 is 9.32 Å². The van der Waals surface area contributed by atoms with Crippen LogP contribution >= 0.6 is 0 Å². The summed E-state index contributed by atoms with van der Waals surface area (Å²) in [6.07, 6.45) is 1.72. The fraction of sp³-hybridized carbons (Fsp3) is 0.333. The van der Waals surface area contributed by atoms with Crippen LogP contribution in [-0.2, 0) is 4.79 Å². The van der Waals surface area contributed by atoms with E-state index >= 15 is 0 Å². The second-order valence-corrected chi connectivity index (χ2v) is 7.20. The van der Waals surface area contributed by atoms with Crippen LogP contribution in [0.5, 0.6) is 0 Å². The van der Waals surface area contributed by atoms with Gasteiger partial charge in [0.1, 0.15) is 23.2 Å². The zero-order chi connectivity index (χ0) is 19.1. The Morgan fingerprint density at radius 1 is 1.22 bits per heavy atom. The summed E-state index contributed by atoms with van der Waals surface area (Å²) in [5.74, 6) is -0.718. The van der Waals surface area contributed by atoms with Crippen molar-refractivity contribution in [2.24, 2.45) is 5.92 Å². The molecule has 1 fully saturated rings. The molecule has 2 aromatic carbocycles. The molecule has 1 amide bonds. The topological polar surface area (TPSA) is 46.3 Å². The molecule has 4 rings (SSSR count). The van der Waals surface area contributed by atoms with E-state index in [1.165, 1.54) is 12.1 Å². The third-order valence-electron chi connectivity index (χ3n) is 4.96. The fourth-order valence-corrected chi connectivity index (χ4v) is 3.60. The molecule has 0 saturated carbocycles. The van der Waals surface area contributed by atoms with Gasteiger partial charge in [-0.1, -0.05) is 19.9 Å². The van der Waals surface area contributed by atoms with Gasteiger partial charge in [-0.05, 0) is 42.7 Å². The molecule has 27 heavy (non-hydrogen) atoms. The number of hydrogen-bond donors (Lipinski definition) is 0. The van der Waals surface area contributed by atoms with Crippen LogP contribution in [0.15, 0.2) is 40.8 Å². The van der Waals surface area contributed by atoms with Crippen LogP contribution in [0, 0.1) is 17.6 Å². The molecule has 1 aromatic heterocycles. The lowest BCUT2D eigenvalue weighted by Gasteiger charge is -2.24. The highest BCUT2D eigenvalue weighted by atomic mass is 19.1. The highest BCUT2D eigenvalue weighted by Crippen LogP contribution is 2.35. The Bertz CT molecular complexity index is 1010. The van der Waals surface area contributed by atoms with E-state index in [-0.39, 0.29) is 17.9 Å². The number of likely N-dealkylation sites (tertiary alicyclic amines) is 1. The minimum Gasteiger partial charge on any atom is -0.438 e. The Labute approximate surface area is 155 Å². The molecule has 4 nitrogen and oxygen atoms in total. The largest absolute Gasteiger partial charge is 0.438 e. The molecule has 0 bridgehead atoms. The molecule has 1 aliphatic heterocycles. The quantitative estimate of drug-likeness (QED) is 0.645. The molecule has 0 unspecified atom stereocenters. The second kappa shape index (κ2) is 6.76. The minimum atomic E-state index is -0.623. The van der Waals surface area contributed by atoms with Gasteiger partial charge in [-0.15, -0.1) is 0 Å². The minimum absolute atomic E-state index is 0.0805. The molecular formula is C21H20F2N2O2. The number of rotatable bonds is 3. The maximum Gasteiger partial charge on any atom is 0.225 e. The molecule has 3 aromatic rings. The predicted octanol–water partition coefficient (Wildman–Crippen LogP) is 5.09. The highest BCUT2D eigenvalue weighted by Gasteiger charge is 2.34. The first-order chi connectivity index (χ1) is 12.9. The summed E-state index contributed by atoms with van der Waals surface area (Å²) >= 11 is 0. The molecule has 2 heterocycles. The number of carbonyl (C=O) groups excluding carboxylic acids is 1. The van der Waals surface area contributed by atoms with Gasteiger partial charge in [-0.2, -0.15) is 0 Å². The number of nitrogens with zero attached hydrogens (tertiary/aromatic N) is 2. The van der Waals surface area contributed by atoms with E-state index in [4.69, 9.17) is 4.42 Å². The summed E-state index contributed by atoms with van der Waals surface area (Å²) in [6.45, 7) is 4.47. The van der Waals surface area contributed by atoms with Crippen molar-refractivity contribution in [3.8, 4) is 11.1 Å². The van der Waals surface area contributed by atoms with Crippen molar-refractivity contribution >= 4 is 17.0 Å². The van der Waals surface area contributed by atoms with Gasteiger partial charge >= 0.3 is 0 Å². The molecular weight excluding hydrogens is 350 g/mol. The van der Waals surface area contributed by atoms with Crippen molar-refractivity contribution in [1.82, 2.24) is 9.88 Å². The van der Waals surface area contributed by atoms with Crippen molar-refractivity contribution < 1.29 is 18.0 Å². The Hall–Kier alpha value is -2.76. The highest BCUT2D eigenvalue weighted by molar-refractivity contribution is 5.81. The zero-order valence-corrected chi connectivity index (χ0v) is 15.2.